The predicted octanol–water partition coefficient (Wildman–Crippen LogP) is 2.99. The highest BCUT2D eigenvalue weighted by atomic mass is 32.1. The Morgan fingerprint density at radius 2 is 1.75 bits per heavy atom. The molecule has 0 saturated carbocycles. The van der Waals surface area contributed by atoms with Gasteiger partial charge in [0.05, 0.1) is 11.6 Å². The first kappa shape index (κ1) is 13.0. The lowest BCUT2D eigenvalue weighted by Gasteiger charge is -2.23. The summed E-state index contributed by atoms with van der Waals surface area (Å²) in [6.07, 6.45) is 0. The van der Waals surface area contributed by atoms with Gasteiger partial charge in [0.2, 0.25) is 0 Å². The van der Waals surface area contributed by atoms with Crippen LogP contribution in [0.1, 0.15) is 25.0 Å². The molecule has 2 N–H and O–H groups in total. The van der Waals surface area contributed by atoms with E-state index in [1.807, 2.05) is 26.0 Å². The van der Waals surface area contributed by atoms with Crippen LogP contribution in [0, 0.1) is 19.3 Å². The van der Waals surface area contributed by atoms with Crippen molar-refractivity contribution in [2.75, 3.05) is 6.61 Å². The monoisotopic (exact) mass is 237 g/mol. The lowest BCUT2D eigenvalue weighted by molar-refractivity contribution is 0.236. The summed E-state index contributed by atoms with van der Waals surface area (Å²) in [6.45, 7) is 8.58. The molecule has 0 atom stereocenters. The topological polar surface area (TPSA) is 35.2 Å². The zero-order valence-corrected chi connectivity index (χ0v) is 11.1. The van der Waals surface area contributed by atoms with Crippen molar-refractivity contribution in [3.63, 3.8) is 0 Å². The van der Waals surface area contributed by atoms with Gasteiger partial charge in [-0.1, -0.05) is 32.1 Å². The summed E-state index contributed by atoms with van der Waals surface area (Å²) in [7, 11) is 0. The predicted molar refractivity (Wildman–Crippen MR) is 72.0 cm³/mol. The van der Waals surface area contributed by atoms with Crippen LogP contribution in [0.25, 0.3) is 0 Å². The Hall–Kier alpha value is -1.09. The molecule has 0 bridgehead atoms. The van der Waals surface area contributed by atoms with E-state index in [1.165, 1.54) is 11.1 Å². The molecule has 88 valence electrons. The van der Waals surface area contributed by atoms with Crippen LogP contribution in [0.5, 0.6) is 5.75 Å². The van der Waals surface area contributed by atoms with Crippen LogP contribution in [-0.2, 0) is 0 Å². The molecular weight excluding hydrogens is 218 g/mol. The number of hydrogen-bond donors (Lipinski definition) is 1. The fourth-order valence-corrected chi connectivity index (χ4v) is 1.41. The summed E-state index contributed by atoms with van der Waals surface area (Å²) in [5.41, 5.74) is 7.77. The molecule has 3 heteroatoms. The Bertz CT molecular complexity index is 379. The molecular formula is C13H19NOS. The number of benzene rings is 1. The van der Waals surface area contributed by atoms with Crippen LogP contribution >= 0.6 is 12.2 Å². The van der Waals surface area contributed by atoms with Gasteiger partial charge in [-0.05, 0) is 37.1 Å². The fraction of sp³-hybridized carbons (Fsp3) is 0.462. The maximum atomic E-state index is 5.73. The highest BCUT2D eigenvalue weighted by Crippen LogP contribution is 2.21. The van der Waals surface area contributed by atoms with Crippen LogP contribution in [0.4, 0.5) is 0 Å². The molecule has 16 heavy (non-hydrogen) atoms. The van der Waals surface area contributed by atoms with E-state index in [0.717, 1.165) is 5.75 Å². The first-order chi connectivity index (χ1) is 7.31. The Morgan fingerprint density at radius 1 is 1.25 bits per heavy atom. The molecule has 0 aliphatic carbocycles. The molecule has 2 nitrogen and oxygen atoms in total. The quantitative estimate of drug-likeness (QED) is 0.818. The van der Waals surface area contributed by atoms with Crippen molar-refractivity contribution in [3.05, 3.63) is 29.3 Å². The molecule has 0 amide bonds. The minimum atomic E-state index is -0.271. The van der Waals surface area contributed by atoms with Crippen molar-refractivity contribution >= 4 is 17.2 Å². The van der Waals surface area contributed by atoms with Crippen LogP contribution in [0.2, 0.25) is 0 Å². The van der Waals surface area contributed by atoms with E-state index >= 15 is 0 Å². The Labute approximate surface area is 103 Å². The van der Waals surface area contributed by atoms with Crippen molar-refractivity contribution in [2.45, 2.75) is 27.7 Å². The van der Waals surface area contributed by atoms with Gasteiger partial charge in [-0.15, -0.1) is 0 Å². The third-order valence-corrected chi connectivity index (χ3v) is 3.01. The van der Waals surface area contributed by atoms with E-state index in [9.17, 15) is 0 Å². The van der Waals surface area contributed by atoms with Gasteiger partial charge < -0.3 is 10.5 Å². The molecule has 0 aliphatic heterocycles. The van der Waals surface area contributed by atoms with Gasteiger partial charge in [0.15, 0.2) is 0 Å². The van der Waals surface area contributed by atoms with E-state index in [4.69, 9.17) is 22.7 Å². The number of nitrogens with two attached hydrogens (primary N) is 1. The van der Waals surface area contributed by atoms with Crippen molar-refractivity contribution in [1.29, 1.82) is 0 Å². The molecule has 0 heterocycles. The third kappa shape index (κ3) is 3.49. The Balaban J connectivity index is 2.71. The largest absolute Gasteiger partial charge is 0.493 e. The fourth-order valence-electron chi connectivity index (χ4n) is 1.35. The number of ether oxygens (including phenoxy) is 1. The molecule has 1 aromatic carbocycles. The summed E-state index contributed by atoms with van der Waals surface area (Å²) in [4.78, 5) is 0.483. The number of aryl methyl sites for hydroxylation is 2. The normalized spacial score (nSPS) is 11.2. The highest BCUT2D eigenvalue weighted by Gasteiger charge is 2.22. The molecule has 0 aliphatic rings. The van der Waals surface area contributed by atoms with Crippen LogP contribution < -0.4 is 10.5 Å². The second kappa shape index (κ2) is 4.83. The number of thiocarbonyl (C=S) groups is 1. The van der Waals surface area contributed by atoms with Gasteiger partial charge in [-0.25, -0.2) is 0 Å². The zero-order chi connectivity index (χ0) is 12.3. The molecule has 0 radical (unpaired) electrons. The van der Waals surface area contributed by atoms with Gasteiger partial charge >= 0.3 is 0 Å². The maximum Gasteiger partial charge on any atom is 0.119 e. The molecule has 0 fully saturated rings. The average molecular weight is 237 g/mol. The second-order valence-corrected chi connectivity index (χ2v) is 5.30. The first-order valence-corrected chi connectivity index (χ1v) is 5.73. The number of hydrogen-bond acceptors (Lipinski definition) is 2. The van der Waals surface area contributed by atoms with Crippen molar-refractivity contribution < 1.29 is 4.74 Å². The smallest absolute Gasteiger partial charge is 0.119 e. The lowest BCUT2D eigenvalue weighted by atomic mass is 9.95. The molecule has 0 saturated heterocycles. The van der Waals surface area contributed by atoms with Gasteiger partial charge in [0, 0.05) is 5.41 Å². The summed E-state index contributed by atoms with van der Waals surface area (Å²) >= 11 is 5.00. The first-order valence-electron chi connectivity index (χ1n) is 5.32. The van der Waals surface area contributed by atoms with E-state index in [0.29, 0.717) is 11.6 Å². The molecule has 0 unspecified atom stereocenters. The molecule has 1 rings (SSSR count). The Kier molecular flexibility index (Phi) is 3.92. The zero-order valence-electron chi connectivity index (χ0n) is 10.3. The summed E-state index contributed by atoms with van der Waals surface area (Å²) in [6, 6.07) is 6.15. The highest BCUT2D eigenvalue weighted by molar-refractivity contribution is 7.80. The minimum absolute atomic E-state index is 0.271. The van der Waals surface area contributed by atoms with Gasteiger partial charge in [-0.2, -0.15) is 0 Å². The lowest BCUT2D eigenvalue weighted by Crippen LogP contribution is -2.35. The third-order valence-electron chi connectivity index (χ3n) is 2.46. The van der Waals surface area contributed by atoms with E-state index in [1.54, 1.807) is 0 Å². The summed E-state index contributed by atoms with van der Waals surface area (Å²) in [5.74, 6) is 0.877. The molecule has 1 aromatic rings. The van der Waals surface area contributed by atoms with Gasteiger partial charge in [-0.3, -0.25) is 0 Å². The molecule has 0 spiro atoms. The minimum Gasteiger partial charge on any atom is -0.493 e. The summed E-state index contributed by atoms with van der Waals surface area (Å²) < 4.78 is 5.73. The van der Waals surface area contributed by atoms with Crippen LogP contribution in [-0.4, -0.2) is 11.6 Å². The average Bonchev–Trinajstić information content (AvgIpc) is 2.13. The maximum absolute atomic E-state index is 5.73. The number of rotatable bonds is 4. The summed E-state index contributed by atoms with van der Waals surface area (Å²) in [5, 5.41) is 0. The van der Waals surface area contributed by atoms with E-state index in [2.05, 4.69) is 19.9 Å². The van der Waals surface area contributed by atoms with Crippen LogP contribution in [0.15, 0.2) is 18.2 Å². The van der Waals surface area contributed by atoms with Crippen molar-refractivity contribution in [1.82, 2.24) is 0 Å². The van der Waals surface area contributed by atoms with E-state index < -0.39 is 0 Å². The Morgan fingerprint density at radius 3 is 2.19 bits per heavy atom. The van der Waals surface area contributed by atoms with E-state index in [-0.39, 0.29) is 5.41 Å². The van der Waals surface area contributed by atoms with Gasteiger partial charge in [0.25, 0.3) is 0 Å². The van der Waals surface area contributed by atoms with Gasteiger partial charge in [0.1, 0.15) is 5.75 Å². The molecule has 0 aromatic heterocycles. The standard InChI is InChI=1S/C13H19NOS/c1-9-5-10(2)7-11(6-9)15-8-13(3,4)12(14)16/h5-7H,8H2,1-4H3,(H2,14,16). The van der Waals surface area contributed by atoms with Crippen molar-refractivity contribution in [2.24, 2.45) is 11.1 Å². The van der Waals surface area contributed by atoms with Crippen LogP contribution in [0.3, 0.4) is 0 Å². The van der Waals surface area contributed by atoms with Crippen molar-refractivity contribution in [3.8, 4) is 5.75 Å². The second-order valence-electron chi connectivity index (χ2n) is 4.86. The SMILES string of the molecule is Cc1cc(C)cc(OCC(C)(C)C(N)=S)c1.